The van der Waals surface area contributed by atoms with E-state index >= 15 is 0 Å². The fourth-order valence-electron chi connectivity index (χ4n) is 3.27. The van der Waals surface area contributed by atoms with E-state index < -0.39 is 0 Å². The number of nitrogens with one attached hydrogen (secondary N) is 1. The molecule has 0 spiro atoms. The minimum atomic E-state index is 0.738. The molecule has 0 aromatic heterocycles. The number of rotatable bonds is 7. The van der Waals surface area contributed by atoms with Gasteiger partial charge in [-0.3, -0.25) is 9.80 Å². The lowest BCUT2D eigenvalue weighted by Gasteiger charge is -2.26. The number of hydrogen-bond donors (Lipinski definition) is 1. The maximum Gasteiger partial charge on any atom is 0.0245 e. The molecule has 0 aliphatic carbocycles. The molecule has 0 saturated carbocycles. The van der Waals surface area contributed by atoms with E-state index in [0.717, 1.165) is 32.2 Å². The number of likely N-dealkylation sites (tertiary alicyclic amines) is 1. The first-order valence-corrected chi connectivity index (χ1v) is 8.85. The molecule has 0 amide bonds. The highest BCUT2D eigenvalue weighted by molar-refractivity contribution is 9.10. The minimum Gasteiger partial charge on any atom is -0.316 e. The third-order valence-electron chi connectivity index (χ3n) is 4.47. The average molecular weight is 354 g/mol. The van der Waals surface area contributed by atoms with Gasteiger partial charge in [-0.2, -0.15) is 0 Å². The Bertz CT molecular complexity index is 446. The van der Waals surface area contributed by atoms with Gasteiger partial charge in [-0.25, -0.2) is 0 Å². The summed E-state index contributed by atoms with van der Waals surface area (Å²) < 4.78 is 1.24. The fourth-order valence-corrected chi connectivity index (χ4v) is 3.82. The van der Waals surface area contributed by atoms with Crippen molar-refractivity contribution in [2.45, 2.75) is 39.4 Å². The van der Waals surface area contributed by atoms with Crippen molar-refractivity contribution in [2.24, 2.45) is 0 Å². The van der Waals surface area contributed by atoms with Crippen molar-refractivity contribution in [1.82, 2.24) is 15.1 Å². The first-order valence-electron chi connectivity index (χ1n) is 8.06. The Kier molecular flexibility index (Phi) is 6.68. The van der Waals surface area contributed by atoms with Crippen molar-refractivity contribution < 1.29 is 0 Å². The third-order valence-corrected chi connectivity index (χ3v) is 5.21. The highest BCUT2D eigenvalue weighted by Crippen LogP contribution is 2.23. The van der Waals surface area contributed by atoms with Crippen molar-refractivity contribution in [2.75, 3.05) is 33.2 Å². The molecule has 0 radical (unpaired) electrons. The van der Waals surface area contributed by atoms with Crippen LogP contribution in [0.5, 0.6) is 0 Å². The van der Waals surface area contributed by atoms with Crippen molar-refractivity contribution in [3.05, 3.63) is 33.8 Å². The van der Waals surface area contributed by atoms with Crippen molar-refractivity contribution >= 4 is 15.9 Å². The quantitative estimate of drug-likeness (QED) is 0.812. The monoisotopic (exact) mass is 353 g/mol. The van der Waals surface area contributed by atoms with Gasteiger partial charge in [0.05, 0.1) is 0 Å². The van der Waals surface area contributed by atoms with Crippen LogP contribution in [0, 0.1) is 0 Å². The van der Waals surface area contributed by atoms with E-state index in [1.54, 1.807) is 0 Å². The Morgan fingerprint density at radius 3 is 2.71 bits per heavy atom. The van der Waals surface area contributed by atoms with Crippen LogP contribution in [0.25, 0.3) is 0 Å². The summed E-state index contributed by atoms with van der Waals surface area (Å²) in [6.07, 6.45) is 1.30. The van der Waals surface area contributed by atoms with Crippen molar-refractivity contribution in [1.29, 1.82) is 0 Å². The van der Waals surface area contributed by atoms with Crippen LogP contribution in [-0.4, -0.2) is 49.1 Å². The highest BCUT2D eigenvalue weighted by atomic mass is 79.9. The van der Waals surface area contributed by atoms with Gasteiger partial charge in [-0.15, -0.1) is 0 Å². The lowest BCUT2D eigenvalue weighted by atomic mass is 10.1. The smallest absolute Gasteiger partial charge is 0.0245 e. The second-order valence-corrected chi connectivity index (χ2v) is 6.71. The van der Waals surface area contributed by atoms with Crippen LogP contribution in [0.4, 0.5) is 0 Å². The summed E-state index contributed by atoms with van der Waals surface area (Å²) in [7, 11) is 1.99. The summed E-state index contributed by atoms with van der Waals surface area (Å²) in [4.78, 5) is 5.17. The van der Waals surface area contributed by atoms with Gasteiger partial charge >= 0.3 is 0 Å². The topological polar surface area (TPSA) is 18.5 Å². The van der Waals surface area contributed by atoms with Crippen LogP contribution in [0.3, 0.4) is 0 Å². The van der Waals surface area contributed by atoms with Gasteiger partial charge in [-0.05, 0) is 43.8 Å². The normalized spacial score (nSPS) is 19.6. The molecular weight excluding hydrogens is 326 g/mol. The van der Waals surface area contributed by atoms with Gasteiger partial charge in [0.1, 0.15) is 0 Å². The molecule has 3 nitrogen and oxygen atoms in total. The molecule has 118 valence electrons. The Morgan fingerprint density at radius 2 is 2.10 bits per heavy atom. The SMILES string of the molecule is CCN(CC)C1CCN(Cc2ccc(CNC)cc2Br)C1. The van der Waals surface area contributed by atoms with Gasteiger partial charge in [0, 0.05) is 36.7 Å². The molecule has 1 saturated heterocycles. The second kappa shape index (κ2) is 8.28. The van der Waals surface area contributed by atoms with Crippen LogP contribution < -0.4 is 5.32 Å². The van der Waals surface area contributed by atoms with Gasteiger partial charge in [0.15, 0.2) is 0 Å². The Labute approximate surface area is 137 Å². The number of likely N-dealkylation sites (N-methyl/N-ethyl adjacent to an activating group) is 1. The summed E-state index contributed by atoms with van der Waals surface area (Å²) in [6, 6.07) is 7.47. The van der Waals surface area contributed by atoms with Gasteiger partial charge in [-0.1, -0.05) is 41.9 Å². The Hall–Kier alpha value is -0.420. The van der Waals surface area contributed by atoms with E-state index in [9.17, 15) is 0 Å². The predicted octanol–water partition coefficient (Wildman–Crippen LogP) is 3.08. The summed E-state index contributed by atoms with van der Waals surface area (Å²) in [5, 5.41) is 3.20. The van der Waals surface area contributed by atoms with E-state index in [4.69, 9.17) is 0 Å². The lowest BCUT2D eigenvalue weighted by Crippen LogP contribution is -2.37. The Balaban J connectivity index is 1.94. The third kappa shape index (κ3) is 4.52. The number of benzene rings is 1. The van der Waals surface area contributed by atoms with Crippen LogP contribution >= 0.6 is 15.9 Å². The second-order valence-electron chi connectivity index (χ2n) is 5.85. The number of halogens is 1. The summed E-state index contributed by atoms with van der Waals surface area (Å²) in [5.74, 6) is 0. The largest absolute Gasteiger partial charge is 0.316 e. The van der Waals surface area contributed by atoms with Crippen LogP contribution in [0.2, 0.25) is 0 Å². The van der Waals surface area contributed by atoms with Crippen LogP contribution in [0.15, 0.2) is 22.7 Å². The van der Waals surface area contributed by atoms with Crippen molar-refractivity contribution in [3.8, 4) is 0 Å². The molecule has 1 aliphatic heterocycles. The summed E-state index contributed by atoms with van der Waals surface area (Å²) in [6.45, 7) is 11.3. The van der Waals surface area contributed by atoms with Gasteiger partial charge in [0.2, 0.25) is 0 Å². The predicted molar refractivity (Wildman–Crippen MR) is 93.5 cm³/mol. The standard InChI is InChI=1S/C17H28BrN3/c1-4-21(5-2)16-8-9-20(13-16)12-15-7-6-14(11-19-3)10-17(15)18/h6-7,10,16,19H,4-5,8-9,11-13H2,1-3H3. The molecule has 1 fully saturated rings. The maximum absolute atomic E-state index is 3.73. The average Bonchev–Trinajstić information content (AvgIpc) is 2.92. The molecule has 0 bridgehead atoms. The molecule has 1 heterocycles. The van der Waals surface area contributed by atoms with E-state index in [-0.39, 0.29) is 0 Å². The zero-order valence-electron chi connectivity index (χ0n) is 13.5. The first kappa shape index (κ1) is 16.9. The molecule has 1 aromatic rings. The first-order chi connectivity index (χ1) is 10.2. The number of nitrogens with zero attached hydrogens (tertiary/aromatic N) is 2. The fraction of sp³-hybridized carbons (Fsp3) is 0.647. The minimum absolute atomic E-state index is 0.738. The van der Waals surface area contributed by atoms with E-state index in [1.807, 2.05) is 7.05 Å². The summed E-state index contributed by atoms with van der Waals surface area (Å²) >= 11 is 3.73. The molecule has 1 N–H and O–H groups in total. The van der Waals surface area contributed by atoms with Crippen LogP contribution in [-0.2, 0) is 13.1 Å². The van der Waals surface area contributed by atoms with Crippen LogP contribution in [0.1, 0.15) is 31.4 Å². The van der Waals surface area contributed by atoms with Gasteiger partial charge < -0.3 is 5.32 Å². The molecule has 1 atom stereocenters. The number of hydrogen-bond acceptors (Lipinski definition) is 3. The molecule has 21 heavy (non-hydrogen) atoms. The molecule has 1 unspecified atom stereocenters. The molecule has 1 aromatic carbocycles. The highest BCUT2D eigenvalue weighted by Gasteiger charge is 2.26. The molecule has 4 heteroatoms. The van der Waals surface area contributed by atoms with Gasteiger partial charge in [0.25, 0.3) is 0 Å². The molecular formula is C17H28BrN3. The zero-order chi connectivity index (χ0) is 15.2. The van der Waals surface area contributed by atoms with E-state index in [2.05, 4.69) is 63.1 Å². The van der Waals surface area contributed by atoms with E-state index in [0.29, 0.717) is 0 Å². The summed E-state index contributed by atoms with van der Waals surface area (Å²) in [5.41, 5.74) is 2.73. The zero-order valence-corrected chi connectivity index (χ0v) is 15.1. The Morgan fingerprint density at radius 1 is 1.33 bits per heavy atom. The lowest BCUT2D eigenvalue weighted by molar-refractivity contribution is 0.209. The van der Waals surface area contributed by atoms with Crippen molar-refractivity contribution in [3.63, 3.8) is 0 Å². The molecule has 1 aliphatic rings. The molecule has 2 rings (SSSR count). The van der Waals surface area contributed by atoms with E-state index in [1.165, 1.54) is 35.1 Å². The maximum atomic E-state index is 3.73.